The summed E-state index contributed by atoms with van der Waals surface area (Å²) in [5.41, 5.74) is 4.11. The number of ether oxygens (including phenoxy) is 1. The van der Waals surface area contributed by atoms with Crippen molar-refractivity contribution in [2.45, 2.75) is 25.9 Å². The summed E-state index contributed by atoms with van der Waals surface area (Å²) in [6, 6.07) is 0. The van der Waals surface area contributed by atoms with E-state index in [0.717, 1.165) is 0 Å². The Labute approximate surface area is 60.0 Å². The van der Waals surface area contributed by atoms with Crippen LogP contribution in [0.2, 0.25) is 0 Å². The second kappa shape index (κ2) is 3.41. The minimum atomic E-state index is -0.807. The first-order valence-electron chi connectivity index (χ1n) is 3.07. The maximum Gasteiger partial charge on any atom is 0.405 e. The van der Waals surface area contributed by atoms with Gasteiger partial charge in [0.15, 0.2) is 0 Å². The molecule has 0 bridgehead atoms. The molecule has 0 unspecified atom stereocenters. The van der Waals surface area contributed by atoms with Crippen LogP contribution in [0.25, 0.3) is 0 Å². The van der Waals surface area contributed by atoms with Gasteiger partial charge < -0.3 is 15.6 Å². The minimum absolute atomic E-state index is 0.0136. The summed E-state index contributed by atoms with van der Waals surface area (Å²) in [4.78, 5) is 10.2. The molecule has 0 heterocycles. The third kappa shape index (κ3) is 4.14. The second-order valence-electron chi connectivity index (χ2n) is 2.65. The molecule has 3 N–H and O–H groups in total. The SMILES string of the molecule is CC(C)(CCO)OC(N)=O. The predicted molar refractivity (Wildman–Crippen MR) is 36.5 cm³/mol. The molecule has 4 heteroatoms. The van der Waals surface area contributed by atoms with E-state index < -0.39 is 11.7 Å². The van der Waals surface area contributed by atoms with E-state index in [0.29, 0.717) is 6.42 Å². The lowest BCUT2D eigenvalue weighted by atomic mass is 10.1. The van der Waals surface area contributed by atoms with E-state index in [-0.39, 0.29) is 6.61 Å². The molecule has 0 atom stereocenters. The molecule has 0 aliphatic rings. The van der Waals surface area contributed by atoms with Crippen LogP contribution in [0.4, 0.5) is 4.79 Å². The highest BCUT2D eigenvalue weighted by Gasteiger charge is 2.20. The third-order valence-corrected chi connectivity index (χ3v) is 1.09. The van der Waals surface area contributed by atoms with E-state index in [1.807, 2.05) is 0 Å². The van der Waals surface area contributed by atoms with Gasteiger partial charge in [-0.2, -0.15) is 0 Å². The molecule has 0 aromatic rings. The lowest BCUT2D eigenvalue weighted by molar-refractivity contribution is 0.0267. The van der Waals surface area contributed by atoms with Crippen LogP contribution in [0.1, 0.15) is 20.3 Å². The molecule has 10 heavy (non-hydrogen) atoms. The maximum absolute atomic E-state index is 10.2. The Morgan fingerprint density at radius 1 is 1.70 bits per heavy atom. The van der Waals surface area contributed by atoms with Crippen molar-refractivity contribution in [1.82, 2.24) is 0 Å². The summed E-state index contributed by atoms with van der Waals surface area (Å²) in [5, 5.41) is 8.48. The summed E-state index contributed by atoms with van der Waals surface area (Å²) >= 11 is 0. The van der Waals surface area contributed by atoms with E-state index in [2.05, 4.69) is 4.74 Å². The third-order valence-electron chi connectivity index (χ3n) is 1.09. The Morgan fingerprint density at radius 2 is 2.20 bits per heavy atom. The van der Waals surface area contributed by atoms with Crippen molar-refractivity contribution in [2.75, 3.05) is 6.61 Å². The van der Waals surface area contributed by atoms with Gasteiger partial charge in [0.25, 0.3) is 0 Å². The summed E-state index contributed by atoms with van der Waals surface area (Å²) in [7, 11) is 0. The lowest BCUT2D eigenvalue weighted by Crippen LogP contribution is -2.31. The molecule has 0 aliphatic carbocycles. The first kappa shape index (κ1) is 9.23. The number of hydrogen-bond donors (Lipinski definition) is 2. The van der Waals surface area contributed by atoms with Crippen LogP contribution in [-0.2, 0) is 4.74 Å². The molecular formula is C6H13NO3. The molecule has 0 aliphatic heterocycles. The van der Waals surface area contributed by atoms with Crippen LogP contribution in [0.3, 0.4) is 0 Å². The second-order valence-corrected chi connectivity index (χ2v) is 2.65. The molecule has 4 nitrogen and oxygen atoms in total. The number of carbonyl (C=O) groups is 1. The predicted octanol–water partition coefficient (Wildman–Crippen LogP) is 0.243. The number of amides is 1. The number of carbonyl (C=O) groups excluding carboxylic acids is 1. The molecule has 1 amide bonds. The normalized spacial score (nSPS) is 11.1. The molecule has 0 spiro atoms. The summed E-state index contributed by atoms with van der Waals surface area (Å²) in [6.45, 7) is 3.36. The molecule has 0 saturated carbocycles. The van der Waals surface area contributed by atoms with Gasteiger partial charge in [0.1, 0.15) is 5.60 Å². The van der Waals surface area contributed by atoms with Crippen molar-refractivity contribution in [3.05, 3.63) is 0 Å². The standard InChI is InChI=1S/C6H13NO3/c1-6(2,3-4-8)10-5(7)9/h8H,3-4H2,1-2H3,(H2,7,9). The van der Waals surface area contributed by atoms with Crippen molar-refractivity contribution >= 4 is 6.09 Å². The Balaban J connectivity index is 3.74. The average molecular weight is 147 g/mol. The summed E-state index contributed by atoms with van der Waals surface area (Å²) < 4.78 is 4.66. The van der Waals surface area contributed by atoms with Gasteiger partial charge in [-0.15, -0.1) is 0 Å². The van der Waals surface area contributed by atoms with E-state index in [1.54, 1.807) is 13.8 Å². The summed E-state index contributed by atoms with van der Waals surface area (Å²) in [6.07, 6.45) is -0.408. The van der Waals surface area contributed by atoms with E-state index in [4.69, 9.17) is 10.8 Å². The van der Waals surface area contributed by atoms with Crippen LogP contribution < -0.4 is 5.73 Å². The smallest absolute Gasteiger partial charge is 0.405 e. The minimum Gasteiger partial charge on any atom is -0.444 e. The first-order chi connectivity index (χ1) is 4.48. The number of aliphatic hydroxyl groups excluding tert-OH is 1. The van der Waals surface area contributed by atoms with Crippen LogP contribution >= 0.6 is 0 Å². The van der Waals surface area contributed by atoms with Gasteiger partial charge in [0.05, 0.1) is 0 Å². The fourth-order valence-corrected chi connectivity index (χ4v) is 0.593. The van der Waals surface area contributed by atoms with Gasteiger partial charge in [-0.1, -0.05) is 0 Å². The van der Waals surface area contributed by atoms with Gasteiger partial charge >= 0.3 is 6.09 Å². The van der Waals surface area contributed by atoms with Crippen molar-refractivity contribution in [3.8, 4) is 0 Å². The summed E-state index contributed by atoms with van der Waals surface area (Å²) in [5.74, 6) is 0. The van der Waals surface area contributed by atoms with Crippen molar-refractivity contribution < 1.29 is 14.6 Å². The molecule has 0 aromatic heterocycles. The number of nitrogens with two attached hydrogens (primary N) is 1. The molecule has 0 saturated heterocycles. The number of primary amides is 1. The van der Waals surface area contributed by atoms with Crippen molar-refractivity contribution in [1.29, 1.82) is 0 Å². The monoisotopic (exact) mass is 147 g/mol. The molecule has 0 radical (unpaired) electrons. The number of rotatable bonds is 3. The number of hydrogen-bond acceptors (Lipinski definition) is 3. The highest BCUT2D eigenvalue weighted by Crippen LogP contribution is 2.12. The lowest BCUT2D eigenvalue weighted by Gasteiger charge is -2.22. The molecular weight excluding hydrogens is 134 g/mol. The van der Waals surface area contributed by atoms with Gasteiger partial charge in [-0.25, -0.2) is 4.79 Å². The Morgan fingerprint density at radius 3 is 2.50 bits per heavy atom. The maximum atomic E-state index is 10.2. The highest BCUT2D eigenvalue weighted by molar-refractivity contribution is 5.65. The topological polar surface area (TPSA) is 72.6 Å². The Bertz CT molecular complexity index is 122. The zero-order valence-corrected chi connectivity index (χ0v) is 6.26. The molecule has 0 aromatic carbocycles. The van der Waals surface area contributed by atoms with Crippen molar-refractivity contribution in [3.63, 3.8) is 0 Å². The Hall–Kier alpha value is -0.770. The first-order valence-corrected chi connectivity index (χ1v) is 3.07. The highest BCUT2D eigenvalue weighted by atomic mass is 16.6. The van der Waals surface area contributed by atoms with Crippen LogP contribution in [0.5, 0.6) is 0 Å². The van der Waals surface area contributed by atoms with Gasteiger partial charge in [0.2, 0.25) is 0 Å². The molecule has 60 valence electrons. The van der Waals surface area contributed by atoms with E-state index in [9.17, 15) is 4.79 Å². The number of aliphatic hydroxyl groups is 1. The van der Waals surface area contributed by atoms with Crippen LogP contribution in [-0.4, -0.2) is 23.4 Å². The van der Waals surface area contributed by atoms with Gasteiger partial charge in [0, 0.05) is 13.0 Å². The molecule has 0 fully saturated rings. The zero-order chi connectivity index (χ0) is 8.20. The fourth-order valence-electron chi connectivity index (χ4n) is 0.593. The largest absolute Gasteiger partial charge is 0.444 e. The van der Waals surface area contributed by atoms with E-state index >= 15 is 0 Å². The quantitative estimate of drug-likeness (QED) is 0.600. The zero-order valence-electron chi connectivity index (χ0n) is 6.26. The fraction of sp³-hybridized carbons (Fsp3) is 0.833. The van der Waals surface area contributed by atoms with E-state index in [1.165, 1.54) is 0 Å². The van der Waals surface area contributed by atoms with Crippen LogP contribution in [0, 0.1) is 0 Å². The average Bonchev–Trinajstić information content (AvgIpc) is 1.59. The Kier molecular flexibility index (Phi) is 3.15. The molecule has 0 rings (SSSR count). The van der Waals surface area contributed by atoms with Crippen molar-refractivity contribution in [2.24, 2.45) is 5.73 Å². The van der Waals surface area contributed by atoms with Crippen LogP contribution in [0.15, 0.2) is 0 Å². The van der Waals surface area contributed by atoms with Gasteiger partial charge in [-0.05, 0) is 13.8 Å². The van der Waals surface area contributed by atoms with Gasteiger partial charge in [-0.3, -0.25) is 0 Å².